The second kappa shape index (κ2) is 6.38. The molecule has 1 saturated carbocycles. The number of hydrogen-bond acceptors (Lipinski definition) is 3. The predicted molar refractivity (Wildman–Crippen MR) is 86.4 cm³/mol. The number of halogens is 1. The Morgan fingerprint density at radius 3 is 2.77 bits per heavy atom. The summed E-state index contributed by atoms with van der Waals surface area (Å²) in [5.41, 5.74) is -0.210. The van der Waals surface area contributed by atoms with E-state index in [2.05, 4.69) is 26.6 Å². The molecule has 6 heteroatoms. The van der Waals surface area contributed by atoms with Gasteiger partial charge in [0.1, 0.15) is 5.41 Å². The van der Waals surface area contributed by atoms with Gasteiger partial charge >= 0.3 is 0 Å². The molecule has 1 unspecified atom stereocenters. The minimum absolute atomic E-state index is 0.0906. The van der Waals surface area contributed by atoms with E-state index in [-0.39, 0.29) is 17.9 Å². The molecule has 5 nitrogen and oxygen atoms in total. The zero-order chi connectivity index (χ0) is 15.6. The topological polar surface area (TPSA) is 67.4 Å². The van der Waals surface area contributed by atoms with Gasteiger partial charge in [0.05, 0.1) is 6.10 Å². The third-order valence-electron chi connectivity index (χ3n) is 4.22. The number of ether oxygens (including phenoxy) is 1. The van der Waals surface area contributed by atoms with Gasteiger partial charge in [-0.2, -0.15) is 0 Å². The number of rotatable bonds is 5. The molecule has 1 aromatic carbocycles. The van der Waals surface area contributed by atoms with Gasteiger partial charge in [0.25, 0.3) is 0 Å². The van der Waals surface area contributed by atoms with Gasteiger partial charge in [0.2, 0.25) is 11.8 Å². The van der Waals surface area contributed by atoms with Crippen molar-refractivity contribution in [3.8, 4) is 0 Å². The highest BCUT2D eigenvalue weighted by atomic mass is 79.9. The van der Waals surface area contributed by atoms with E-state index in [4.69, 9.17) is 4.74 Å². The average Bonchev–Trinajstić information content (AvgIpc) is 3.15. The molecule has 2 fully saturated rings. The minimum atomic E-state index is -0.902. The first-order valence-corrected chi connectivity index (χ1v) is 8.36. The maximum atomic E-state index is 12.4. The molecule has 2 N–H and O–H groups in total. The second-order valence-electron chi connectivity index (χ2n) is 5.89. The molecule has 118 valence electrons. The summed E-state index contributed by atoms with van der Waals surface area (Å²) in [6.45, 7) is 1.25. The lowest BCUT2D eigenvalue weighted by Crippen LogP contribution is -2.42. The van der Waals surface area contributed by atoms with Crippen LogP contribution in [0.4, 0.5) is 5.69 Å². The number of amides is 2. The largest absolute Gasteiger partial charge is 0.376 e. The van der Waals surface area contributed by atoms with E-state index in [0.717, 1.165) is 23.9 Å². The summed E-state index contributed by atoms with van der Waals surface area (Å²) in [5.74, 6) is -0.411. The van der Waals surface area contributed by atoms with Crippen LogP contribution in [-0.2, 0) is 14.3 Å². The number of anilines is 1. The molecule has 1 heterocycles. The Morgan fingerprint density at radius 2 is 2.14 bits per heavy atom. The lowest BCUT2D eigenvalue weighted by atomic mass is 10.0. The molecule has 1 aliphatic carbocycles. The van der Waals surface area contributed by atoms with Crippen molar-refractivity contribution in [1.82, 2.24) is 5.32 Å². The third-order valence-corrected chi connectivity index (χ3v) is 4.71. The molecule has 2 aliphatic rings. The minimum Gasteiger partial charge on any atom is -0.376 e. The van der Waals surface area contributed by atoms with Crippen molar-refractivity contribution >= 4 is 33.4 Å². The van der Waals surface area contributed by atoms with Crippen molar-refractivity contribution in [3.05, 3.63) is 28.7 Å². The first-order valence-electron chi connectivity index (χ1n) is 7.57. The SMILES string of the molecule is O=C(NCC1CCCO1)C1(C(=O)Nc2cccc(Br)c2)CC1. The first-order chi connectivity index (χ1) is 10.6. The Hall–Kier alpha value is -1.40. The van der Waals surface area contributed by atoms with Crippen LogP contribution in [0.1, 0.15) is 25.7 Å². The van der Waals surface area contributed by atoms with Crippen LogP contribution in [-0.4, -0.2) is 31.1 Å². The van der Waals surface area contributed by atoms with E-state index >= 15 is 0 Å². The molecule has 0 radical (unpaired) electrons. The zero-order valence-corrected chi connectivity index (χ0v) is 13.8. The second-order valence-corrected chi connectivity index (χ2v) is 6.81. The highest BCUT2D eigenvalue weighted by molar-refractivity contribution is 9.10. The Morgan fingerprint density at radius 1 is 1.32 bits per heavy atom. The summed E-state index contributed by atoms with van der Waals surface area (Å²) in [6.07, 6.45) is 3.30. The molecule has 22 heavy (non-hydrogen) atoms. The molecule has 2 amide bonds. The molecule has 1 aliphatic heterocycles. The summed E-state index contributed by atoms with van der Waals surface area (Å²) in [6, 6.07) is 7.36. The Balaban J connectivity index is 1.57. The standard InChI is InChI=1S/C16H19BrN2O3/c17-11-3-1-4-12(9-11)19-15(21)16(6-7-16)14(20)18-10-13-5-2-8-22-13/h1,3-4,9,13H,2,5-8,10H2,(H,18,20)(H,19,21). The maximum absolute atomic E-state index is 12.4. The smallest absolute Gasteiger partial charge is 0.240 e. The Labute approximate surface area is 137 Å². The summed E-state index contributed by atoms with van der Waals surface area (Å²) in [7, 11) is 0. The first kappa shape index (κ1) is 15.5. The number of nitrogens with one attached hydrogen (secondary N) is 2. The monoisotopic (exact) mass is 366 g/mol. The van der Waals surface area contributed by atoms with E-state index in [9.17, 15) is 9.59 Å². The van der Waals surface area contributed by atoms with E-state index in [1.54, 1.807) is 0 Å². The normalized spacial score (nSPS) is 22.1. The van der Waals surface area contributed by atoms with Gasteiger partial charge < -0.3 is 15.4 Å². The van der Waals surface area contributed by atoms with Gasteiger partial charge in [0, 0.05) is 23.3 Å². The van der Waals surface area contributed by atoms with Crippen LogP contribution in [0.3, 0.4) is 0 Å². The molecule has 0 aromatic heterocycles. The number of benzene rings is 1. The van der Waals surface area contributed by atoms with Crippen molar-refractivity contribution in [2.75, 3.05) is 18.5 Å². The highest BCUT2D eigenvalue weighted by Crippen LogP contribution is 2.46. The molecule has 0 spiro atoms. The molecule has 0 bridgehead atoms. The molecular formula is C16H19BrN2O3. The van der Waals surface area contributed by atoms with Crippen LogP contribution in [0.25, 0.3) is 0 Å². The van der Waals surface area contributed by atoms with E-state index in [1.165, 1.54) is 0 Å². The van der Waals surface area contributed by atoms with Crippen LogP contribution in [0.5, 0.6) is 0 Å². The summed E-state index contributed by atoms with van der Waals surface area (Å²) in [5, 5.41) is 5.70. The van der Waals surface area contributed by atoms with Crippen molar-refractivity contribution in [2.24, 2.45) is 5.41 Å². The fourth-order valence-corrected chi connectivity index (χ4v) is 3.08. The summed E-state index contributed by atoms with van der Waals surface area (Å²) in [4.78, 5) is 24.8. The molecule has 1 saturated heterocycles. The van der Waals surface area contributed by atoms with Crippen molar-refractivity contribution in [3.63, 3.8) is 0 Å². The van der Waals surface area contributed by atoms with Gasteiger partial charge in [-0.15, -0.1) is 0 Å². The predicted octanol–water partition coefficient (Wildman–Crippen LogP) is 2.46. The number of carbonyl (C=O) groups excluding carboxylic acids is 2. The van der Waals surface area contributed by atoms with Gasteiger partial charge in [-0.3, -0.25) is 9.59 Å². The lowest BCUT2D eigenvalue weighted by molar-refractivity contribution is -0.134. The number of carbonyl (C=O) groups is 2. The van der Waals surface area contributed by atoms with Crippen LogP contribution >= 0.6 is 15.9 Å². The zero-order valence-electron chi connectivity index (χ0n) is 12.2. The average molecular weight is 367 g/mol. The Kier molecular flexibility index (Phi) is 4.49. The van der Waals surface area contributed by atoms with Crippen LogP contribution in [0, 0.1) is 5.41 Å². The Bertz CT molecular complexity index is 581. The van der Waals surface area contributed by atoms with E-state index < -0.39 is 5.41 Å². The van der Waals surface area contributed by atoms with Crippen LogP contribution in [0.15, 0.2) is 28.7 Å². The van der Waals surface area contributed by atoms with E-state index in [1.807, 2.05) is 24.3 Å². The molecule has 1 atom stereocenters. The fraction of sp³-hybridized carbons (Fsp3) is 0.500. The maximum Gasteiger partial charge on any atom is 0.240 e. The van der Waals surface area contributed by atoms with Crippen LogP contribution in [0.2, 0.25) is 0 Å². The van der Waals surface area contributed by atoms with Gasteiger partial charge in [-0.25, -0.2) is 0 Å². The third kappa shape index (κ3) is 3.33. The van der Waals surface area contributed by atoms with Crippen molar-refractivity contribution in [1.29, 1.82) is 0 Å². The summed E-state index contributed by atoms with van der Waals surface area (Å²) >= 11 is 3.37. The summed E-state index contributed by atoms with van der Waals surface area (Å²) < 4.78 is 6.37. The molecule has 3 rings (SSSR count). The fourth-order valence-electron chi connectivity index (χ4n) is 2.68. The van der Waals surface area contributed by atoms with Gasteiger partial charge in [-0.05, 0) is 43.9 Å². The van der Waals surface area contributed by atoms with Crippen molar-refractivity contribution < 1.29 is 14.3 Å². The van der Waals surface area contributed by atoms with Gasteiger partial charge in [-0.1, -0.05) is 22.0 Å². The van der Waals surface area contributed by atoms with Crippen molar-refractivity contribution in [2.45, 2.75) is 31.8 Å². The van der Waals surface area contributed by atoms with Gasteiger partial charge in [0.15, 0.2) is 0 Å². The lowest BCUT2D eigenvalue weighted by Gasteiger charge is -2.17. The van der Waals surface area contributed by atoms with E-state index in [0.29, 0.717) is 25.1 Å². The molecule has 1 aromatic rings. The molecular weight excluding hydrogens is 348 g/mol. The van der Waals surface area contributed by atoms with Crippen LogP contribution < -0.4 is 10.6 Å². The highest BCUT2D eigenvalue weighted by Gasteiger charge is 2.56. The number of hydrogen-bond donors (Lipinski definition) is 2. The quantitative estimate of drug-likeness (QED) is 0.786.